The van der Waals surface area contributed by atoms with Gasteiger partial charge in [-0.25, -0.2) is 0 Å². The molecule has 0 saturated heterocycles. The highest BCUT2D eigenvalue weighted by Gasteiger charge is 2.23. The van der Waals surface area contributed by atoms with E-state index in [4.69, 9.17) is 23.7 Å². The Balaban J connectivity index is 1.52. The fraction of sp³-hybridized carbons (Fsp3) is 0.368. The zero-order chi connectivity index (χ0) is 30.6. The second-order valence-electron chi connectivity index (χ2n) is 11.2. The molecule has 43 heavy (non-hydrogen) atoms. The highest BCUT2D eigenvalue weighted by molar-refractivity contribution is 5.43. The first-order valence-corrected chi connectivity index (χ1v) is 15.1. The van der Waals surface area contributed by atoms with Crippen molar-refractivity contribution in [2.24, 2.45) is 0 Å². The molecule has 0 aliphatic rings. The maximum absolute atomic E-state index is 6.63. The standard InChI is InChI=1S/C38H46O5/c1-27(35-23-33(39-3)17-19-37(35)41-5)21-31(29-13-9-7-10-14-29)25-43-26-32(30-15-11-8-12-16-30)22-28(2)36-24-34(40-4)18-20-38(36)42-6/h7-20,23-24,27-28,31-32H,21-22,25-26H2,1-6H3. The van der Waals surface area contributed by atoms with Crippen molar-refractivity contribution in [1.82, 2.24) is 0 Å². The first-order valence-electron chi connectivity index (χ1n) is 15.1. The summed E-state index contributed by atoms with van der Waals surface area (Å²) in [6, 6.07) is 33.4. The predicted molar refractivity (Wildman–Crippen MR) is 174 cm³/mol. The van der Waals surface area contributed by atoms with Gasteiger partial charge in [0, 0.05) is 23.0 Å². The van der Waals surface area contributed by atoms with E-state index >= 15 is 0 Å². The largest absolute Gasteiger partial charge is 0.497 e. The monoisotopic (exact) mass is 582 g/mol. The second-order valence-corrected chi connectivity index (χ2v) is 11.2. The molecule has 4 aromatic rings. The highest BCUT2D eigenvalue weighted by Crippen LogP contribution is 2.39. The first kappa shape index (κ1) is 32.0. The van der Waals surface area contributed by atoms with E-state index in [1.807, 2.05) is 24.3 Å². The maximum Gasteiger partial charge on any atom is 0.122 e. The van der Waals surface area contributed by atoms with Crippen molar-refractivity contribution in [3.63, 3.8) is 0 Å². The summed E-state index contributed by atoms with van der Waals surface area (Å²) in [5.74, 6) is 4.36. The average Bonchev–Trinajstić information content (AvgIpc) is 3.07. The summed E-state index contributed by atoms with van der Waals surface area (Å²) < 4.78 is 29.1. The van der Waals surface area contributed by atoms with Crippen molar-refractivity contribution < 1.29 is 23.7 Å². The van der Waals surface area contributed by atoms with Gasteiger partial charge in [0.05, 0.1) is 41.7 Å². The van der Waals surface area contributed by atoms with Gasteiger partial charge >= 0.3 is 0 Å². The molecule has 0 aliphatic heterocycles. The second kappa shape index (κ2) is 16.0. The SMILES string of the molecule is COc1ccc(OC)c(C(C)CC(COCC(CC(C)c2cc(OC)ccc2OC)c2ccccc2)c2ccccc2)c1. The van der Waals surface area contributed by atoms with Gasteiger partial charge in [-0.15, -0.1) is 0 Å². The fourth-order valence-electron chi connectivity index (χ4n) is 5.96. The average molecular weight is 583 g/mol. The Morgan fingerprint density at radius 1 is 0.488 bits per heavy atom. The Hall–Kier alpha value is -3.96. The summed E-state index contributed by atoms with van der Waals surface area (Å²) in [5, 5.41) is 0. The zero-order valence-corrected chi connectivity index (χ0v) is 26.4. The van der Waals surface area contributed by atoms with Crippen molar-refractivity contribution in [2.75, 3.05) is 41.7 Å². The molecule has 0 bridgehead atoms. The molecule has 228 valence electrons. The van der Waals surface area contributed by atoms with E-state index < -0.39 is 0 Å². The molecular weight excluding hydrogens is 536 g/mol. The molecule has 0 spiro atoms. The number of benzene rings is 4. The van der Waals surface area contributed by atoms with Gasteiger partial charge in [-0.1, -0.05) is 74.5 Å². The lowest BCUT2D eigenvalue weighted by Crippen LogP contribution is -2.17. The Labute approximate surface area is 257 Å². The van der Waals surface area contributed by atoms with Crippen LogP contribution in [0.2, 0.25) is 0 Å². The van der Waals surface area contributed by atoms with Crippen LogP contribution in [0.5, 0.6) is 23.0 Å². The Morgan fingerprint density at radius 2 is 0.884 bits per heavy atom. The molecular formula is C38H46O5. The summed E-state index contributed by atoms with van der Waals surface area (Å²) >= 11 is 0. The normalized spacial score (nSPS) is 13.9. The Bertz CT molecular complexity index is 1280. The van der Waals surface area contributed by atoms with Crippen LogP contribution in [0.1, 0.15) is 72.6 Å². The number of hydrogen-bond donors (Lipinski definition) is 0. The van der Waals surface area contributed by atoms with Crippen LogP contribution in [0.4, 0.5) is 0 Å². The fourth-order valence-corrected chi connectivity index (χ4v) is 5.96. The minimum Gasteiger partial charge on any atom is -0.497 e. The molecule has 0 aromatic heterocycles. The molecule has 0 saturated carbocycles. The summed E-state index contributed by atoms with van der Waals surface area (Å²) in [6.45, 7) is 5.76. The molecule has 5 nitrogen and oxygen atoms in total. The molecule has 0 aliphatic carbocycles. The molecule has 0 radical (unpaired) electrons. The van der Waals surface area contributed by atoms with Crippen LogP contribution in [0, 0.1) is 0 Å². The van der Waals surface area contributed by atoms with E-state index in [-0.39, 0.29) is 23.7 Å². The third-order valence-electron chi connectivity index (χ3n) is 8.39. The van der Waals surface area contributed by atoms with Gasteiger partial charge < -0.3 is 23.7 Å². The van der Waals surface area contributed by atoms with Crippen LogP contribution in [-0.2, 0) is 4.74 Å². The van der Waals surface area contributed by atoms with Crippen molar-refractivity contribution in [3.8, 4) is 23.0 Å². The van der Waals surface area contributed by atoms with Crippen molar-refractivity contribution >= 4 is 0 Å². The molecule has 0 heterocycles. The summed E-state index contributed by atoms with van der Waals surface area (Å²) in [6.07, 6.45) is 1.84. The molecule has 4 unspecified atom stereocenters. The lowest BCUT2D eigenvalue weighted by atomic mass is 9.85. The molecule has 5 heteroatoms. The van der Waals surface area contributed by atoms with Gasteiger partial charge in [-0.3, -0.25) is 0 Å². The van der Waals surface area contributed by atoms with E-state index in [0.717, 1.165) is 47.0 Å². The van der Waals surface area contributed by atoms with Gasteiger partial charge in [0.1, 0.15) is 23.0 Å². The quantitative estimate of drug-likeness (QED) is 0.132. The van der Waals surface area contributed by atoms with Crippen LogP contribution >= 0.6 is 0 Å². The molecule has 0 N–H and O–H groups in total. The molecule has 4 atom stereocenters. The highest BCUT2D eigenvalue weighted by atomic mass is 16.5. The van der Waals surface area contributed by atoms with E-state index in [2.05, 4.69) is 86.6 Å². The van der Waals surface area contributed by atoms with Crippen molar-refractivity contribution in [3.05, 3.63) is 119 Å². The van der Waals surface area contributed by atoms with E-state index in [1.54, 1.807) is 28.4 Å². The van der Waals surface area contributed by atoms with Crippen LogP contribution in [0.25, 0.3) is 0 Å². The van der Waals surface area contributed by atoms with Crippen LogP contribution in [-0.4, -0.2) is 41.7 Å². The smallest absolute Gasteiger partial charge is 0.122 e. The van der Waals surface area contributed by atoms with Crippen molar-refractivity contribution in [1.29, 1.82) is 0 Å². The first-order chi connectivity index (χ1) is 21.0. The summed E-state index contributed by atoms with van der Waals surface area (Å²) in [5.41, 5.74) is 4.85. The zero-order valence-electron chi connectivity index (χ0n) is 26.4. The molecule has 4 aromatic carbocycles. The third kappa shape index (κ3) is 8.55. The summed E-state index contributed by atoms with van der Waals surface area (Å²) in [4.78, 5) is 0. The van der Waals surface area contributed by atoms with E-state index in [0.29, 0.717) is 13.2 Å². The van der Waals surface area contributed by atoms with Gasteiger partial charge in [0.2, 0.25) is 0 Å². The predicted octanol–water partition coefficient (Wildman–Crippen LogP) is 8.99. The van der Waals surface area contributed by atoms with E-state index in [9.17, 15) is 0 Å². The van der Waals surface area contributed by atoms with E-state index in [1.165, 1.54) is 11.1 Å². The van der Waals surface area contributed by atoms with Gasteiger partial charge in [-0.2, -0.15) is 0 Å². The van der Waals surface area contributed by atoms with Gasteiger partial charge in [0.15, 0.2) is 0 Å². The molecule has 0 fully saturated rings. The number of methoxy groups -OCH3 is 4. The number of ether oxygens (including phenoxy) is 5. The lowest BCUT2D eigenvalue weighted by Gasteiger charge is -2.26. The summed E-state index contributed by atoms with van der Waals surface area (Å²) in [7, 11) is 6.85. The minimum absolute atomic E-state index is 0.222. The lowest BCUT2D eigenvalue weighted by molar-refractivity contribution is 0.0996. The maximum atomic E-state index is 6.63. The minimum atomic E-state index is 0.222. The van der Waals surface area contributed by atoms with Crippen LogP contribution in [0.15, 0.2) is 97.1 Å². The molecule has 0 amide bonds. The van der Waals surface area contributed by atoms with Gasteiger partial charge in [-0.05, 0) is 72.2 Å². The molecule has 4 rings (SSSR count). The van der Waals surface area contributed by atoms with Crippen LogP contribution in [0.3, 0.4) is 0 Å². The topological polar surface area (TPSA) is 46.2 Å². The van der Waals surface area contributed by atoms with Crippen LogP contribution < -0.4 is 18.9 Å². The Morgan fingerprint density at radius 3 is 1.23 bits per heavy atom. The van der Waals surface area contributed by atoms with Crippen molar-refractivity contribution in [2.45, 2.75) is 50.4 Å². The number of rotatable bonds is 16. The third-order valence-corrected chi connectivity index (χ3v) is 8.39. The van der Waals surface area contributed by atoms with Gasteiger partial charge in [0.25, 0.3) is 0 Å². The number of hydrogen-bond acceptors (Lipinski definition) is 5. The Kier molecular flexibility index (Phi) is 11.9.